The predicted molar refractivity (Wildman–Crippen MR) is 83.2 cm³/mol. The van der Waals surface area contributed by atoms with Crippen LogP contribution in [0, 0.1) is 0 Å². The van der Waals surface area contributed by atoms with E-state index in [-0.39, 0.29) is 11.7 Å². The van der Waals surface area contributed by atoms with Crippen LogP contribution in [0.15, 0.2) is 5.38 Å². The fourth-order valence-electron chi connectivity index (χ4n) is 3.15. The molecule has 0 atom stereocenters. The Kier molecular flexibility index (Phi) is 4.58. The zero-order chi connectivity index (χ0) is 13.9. The quantitative estimate of drug-likeness (QED) is 0.632. The van der Waals surface area contributed by atoms with Gasteiger partial charge in [0.05, 0.1) is 5.88 Å². The van der Waals surface area contributed by atoms with Crippen LogP contribution in [0.5, 0.6) is 0 Å². The van der Waals surface area contributed by atoms with E-state index in [4.69, 9.17) is 11.6 Å². The van der Waals surface area contributed by atoms with E-state index >= 15 is 0 Å². The normalized spacial score (nSPS) is 21.6. The molecule has 110 valence electrons. The van der Waals surface area contributed by atoms with Gasteiger partial charge in [-0.25, -0.2) is 4.98 Å². The van der Waals surface area contributed by atoms with Gasteiger partial charge in [-0.2, -0.15) is 0 Å². The van der Waals surface area contributed by atoms with Gasteiger partial charge in [0, 0.05) is 37.6 Å². The van der Waals surface area contributed by atoms with Gasteiger partial charge in [-0.15, -0.1) is 22.9 Å². The molecule has 1 aliphatic heterocycles. The Morgan fingerprint density at radius 2 is 2.00 bits per heavy atom. The van der Waals surface area contributed by atoms with Crippen molar-refractivity contribution in [1.82, 2.24) is 9.88 Å². The average Bonchev–Trinajstić information content (AvgIpc) is 3.18. The minimum Gasteiger partial charge on any atom is -0.346 e. The van der Waals surface area contributed by atoms with Crippen molar-refractivity contribution >= 4 is 33.9 Å². The highest BCUT2D eigenvalue weighted by Gasteiger charge is 2.27. The maximum Gasteiger partial charge on any atom is 0.196 e. The Labute approximate surface area is 128 Å². The van der Waals surface area contributed by atoms with Crippen LogP contribution in [-0.4, -0.2) is 53.8 Å². The Bertz CT molecular complexity index is 465. The van der Waals surface area contributed by atoms with E-state index in [2.05, 4.69) is 14.8 Å². The molecule has 2 fully saturated rings. The number of hydrogen-bond donors (Lipinski definition) is 0. The third-order valence-electron chi connectivity index (χ3n) is 4.32. The van der Waals surface area contributed by atoms with E-state index in [0.29, 0.717) is 5.69 Å². The summed E-state index contributed by atoms with van der Waals surface area (Å²) in [5.74, 6) is -0.0720. The fourth-order valence-corrected chi connectivity index (χ4v) is 4.17. The van der Waals surface area contributed by atoms with Gasteiger partial charge in [0.2, 0.25) is 0 Å². The molecule has 1 aromatic heterocycles. The molecule has 0 aromatic carbocycles. The van der Waals surface area contributed by atoms with Crippen molar-refractivity contribution in [2.75, 3.05) is 37.0 Å². The number of piperazine rings is 1. The molecule has 0 radical (unpaired) electrons. The number of aromatic nitrogens is 1. The second-order valence-electron chi connectivity index (χ2n) is 5.53. The SMILES string of the molecule is O=C(CCl)c1csc(N2CCN(C3CCCC3)CC2)n1. The number of hydrogen-bond acceptors (Lipinski definition) is 5. The molecule has 1 saturated heterocycles. The Morgan fingerprint density at radius 3 is 2.65 bits per heavy atom. The molecule has 20 heavy (non-hydrogen) atoms. The summed E-state index contributed by atoms with van der Waals surface area (Å²) >= 11 is 7.12. The highest BCUT2D eigenvalue weighted by molar-refractivity contribution is 7.14. The van der Waals surface area contributed by atoms with Crippen molar-refractivity contribution < 1.29 is 4.79 Å². The van der Waals surface area contributed by atoms with Gasteiger partial charge in [0.1, 0.15) is 5.69 Å². The Morgan fingerprint density at radius 1 is 1.30 bits per heavy atom. The van der Waals surface area contributed by atoms with Crippen molar-refractivity contribution in [1.29, 1.82) is 0 Å². The fraction of sp³-hybridized carbons (Fsp3) is 0.714. The first-order valence-electron chi connectivity index (χ1n) is 7.31. The minimum atomic E-state index is -0.0845. The third-order valence-corrected chi connectivity index (χ3v) is 5.47. The lowest BCUT2D eigenvalue weighted by atomic mass is 10.2. The molecule has 6 heteroatoms. The summed E-state index contributed by atoms with van der Waals surface area (Å²) in [5, 5.41) is 2.79. The second-order valence-corrected chi connectivity index (χ2v) is 6.64. The summed E-state index contributed by atoms with van der Waals surface area (Å²) in [5.41, 5.74) is 0.512. The van der Waals surface area contributed by atoms with E-state index in [1.165, 1.54) is 25.7 Å². The number of carbonyl (C=O) groups is 1. The first-order valence-corrected chi connectivity index (χ1v) is 8.73. The molecule has 1 aliphatic carbocycles. The van der Waals surface area contributed by atoms with Crippen LogP contribution in [0.2, 0.25) is 0 Å². The molecule has 1 aromatic rings. The molecule has 0 spiro atoms. The first-order chi connectivity index (χ1) is 9.78. The molecule has 0 bridgehead atoms. The van der Waals surface area contributed by atoms with Crippen molar-refractivity contribution in [3.05, 3.63) is 11.1 Å². The van der Waals surface area contributed by atoms with Crippen LogP contribution in [0.4, 0.5) is 5.13 Å². The second kappa shape index (κ2) is 6.41. The number of carbonyl (C=O) groups excluding carboxylic acids is 1. The molecular formula is C14H20ClN3OS. The number of alkyl halides is 1. The van der Waals surface area contributed by atoms with Crippen molar-refractivity contribution in [3.8, 4) is 0 Å². The van der Waals surface area contributed by atoms with Crippen LogP contribution in [0.3, 0.4) is 0 Å². The zero-order valence-corrected chi connectivity index (χ0v) is 13.1. The summed E-state index contributed by atoms with van der Waals surface area (Å²) in [6.45, 7) is 4.25. The summed E-state index contributed by atoms with van der Waals surface area (Å²) in [6.07, 6.45) is 5.51. The number of halogens is 1. The standard InChI is InChI=1S/C14H20ClN3OS/c15-9-13(19)12-10-20-14(16-12)18-7-5-17(6-8-18)11-3-1-2-4-11/h10-11H,1-9H2. The Balaban J connectivity index is 1.57. The van der Waals surface area contributed by atoms with Crippen molar-refractivity contribution in [3.63, 3.8) is 0 Å². The van der Waals surface area contributed by atoms with Gasteiger partial charge in [-0.1, -0.05) is 12.8 Å². The summed E-state index contributed by atoms with van der Waals surface area (Å²) in [7, 11) is 0. The molecule has 2 heterocycles. The molecule has 2 aliphatic rings. The number of rotatable bonds is 4. The van der Waals surface area contributed by atoms with Crippen LogP contribution in [-0.2, 0) is 0 Å². The number of anilines is 1. The molecule has 1 saturated carbocycles. The van der Waals surface area contributed by atoms with Gasteiger partial charge in [-0.05, 0) is 12.8 Å². The van der Waals surface area contributed by atoms with Gasteiger partial charge in [0.15, 0.2) is 10.9 Å². The van der Waals surface area contributed by atoms with E-state index in [9.17, 15) is 4.79 Å². The molecule has 0 amide bonds. The summed E-state index contributed by atoms with van der Waals surface area (Å²) in [6, 6.07) is 0.807. The van der Waals surface area contributed by atoms with Crippen LogP contribution >= 0.6 is 22.9 Å². The molecular weight excluding hydrogens is 294 g/mol. The van der Waals surface area contributed by atoms with E-state index in [1.807, 2.05) is 5.38 Å². The van der Waals surface area contributed by atoms with Crippen LogP contribution < -0.4 is 4.90 Å². The third kappa shape index (κ3) is 3.00. The monoisotopic (exact) mass is 313 g/mol. The minimum absolute atomic E-state index is 0.0125. The van der Waals surface area contributed by atoms with Gasteiger partial charge >= 0.3 is 0 Å². The van der Waals surface area contributed by atoms with Gasteiger partial charge in [-0.3, -0.25) is 9.69 Å². The number of ketones is 1. The number of nitrogens with zero attached hydrogens (tertiary/aromatic N) is 3. The lowest BCUT2D eigenvalue weighted by molar-refractivity contribution is 0.101. The molecule has 0 N–H and O–H groups in total. The van der Waals surface area contributed by atoms with Gasteiger partial charge < -0.3 is 4.90 Å². The molecule has 0 unspecified atom stereocenters. The largest absolute Gasteiger partial charge is 0.346 e. The van der Waals surface area contributed by atoms with Crippen molar-refractivity contribution in [2.24, 2.45) is 0 Å². The lowest BCUT2D eigenvalue weighted by Gasteiger charge is -2.37. The number of thiazole rings is 1. The smallest absolute Gasteiger partial charge is 0.196 e. The maximum absolute atomic E-state index is 11.5. The number of Topliss-reactive ketones (excluding diaryl/α,β-unsaturated/α-hetero) is 1. The summed E-state index contributed by atoms with van der Waals surface area (Å²) in [4.78, 5) is 20.9. The Hall–Kier alpha value is -0.650. The van der Waals surface area contributed by atoms with Gasteiger partial charge in [0.25, 0.3) is 0 Å². The van der Waals surface area contributed by atoms with Crippen LogP contribution in [0.1, 0.15) is 36.2 Å². The maximum atomic E-state index is 11.5. The van der Waals surface area contributed by atoms with E-state index < -0.39 is 0 Å². The van der Waals surface area contributed by atoms with Crippen molar-refractivity contribution in [2.45, 2.75) is 31.7 Å². The lowest BCUT2D eigenvalue weighted by Crippen LogP contribution is -2.49. The topological polar surface area (TPSA) is 36.4 Å². The average molecular weight is 314 g/mol. The highest BCUT2D eigenvalue weighted by atomic mass is 35.5. The van der Waals surface area contributed by atoms with Crippen LogP contribution in [0.25, 0.3) is 0 Å². The molecule has 3 rings (SSSR count). The predicted octanol–water partition coefficient (Wildman–Crippen LogP) is 2.63. The van der Waals surface area contributed by atoms with E-state index in [0.717, 1.165) is 37.4 Å². The zero-order valence-electron chi connectivity index (χ0n) is 11.6. The summed E-state index contributed by atoms with van der Waals surface area (Å²) < 4.78 is 0. The molecule has 4 nitrogen and oxygen atoms in total. The first kappa shape index (κ1) is 14.3. The highest BCUT2D eigenvalue weighted by Crippen LogP contribution is 2.27. The van der Waals surface area contributed by atoms with E-state index in [1.54, 1.807) is 11.3 Å².